The van der Waals surface area contributed by atoms with E-state index < -0.39 is 0 Å². The number of Topliss-reactive ketones (excluding diaryl/α,β-unsaturated/α-hetero) is 1. The highest BCUT2D eigenvalue weighted by Crippen LogP contribution is 2.31. The van der Waals surface area contributed by atoms with Crippen molar-refractivity contribution in [2.45, 2.75) is 45.2 Å². The third-order valence-corrected chi connectivity index (χ3v) is 6.23. The minimum absolute atomic E-state index is 0.0269. The van der Waals surface area contributed by atoms with Crippen molar-refractivity contribution in [2.75, 3.05) is 7.11 Å². The van der Waals surface area contributed by atoms with Gasteiger partial charge in [0.15, 0.2) is 5.78 Å². The number of fused-ring (bicyclic) bond motifs is 1. The Balaban J connectivity index is 0.00000149. The monoisotopic (exact) mass is 462 g/mol. The fraction of sp³-hybridized carbons (Fsp3) is 0.269. The maximum absolute atomic E-state index is 11.5. The van der Waals surface area contributed by atoms with E-state index in [1.807, 2.05) is 6.07 Å². The van der Waals surface area contributed by atoms with Crippen LogP contribution in [0.5, 0.6) is 5.75 Å². The number of methoxy groups -OCH3 is 1. The van der Waals surface area contributed by atoms with Crippen LogP contribution in [0.2, 0.25) is 0 Å². The van der Waals surface area contributed by atoms with E-state index in [1.165, 1.54) is 28.6 Å². The summed E-state index contributed by atoms with van der Waals surface area (Å²) in [5, 5.41) is 4.30. The lowest BCUT2D eigenvalue weighted by atomic mass is 9.99. The molecule has 0 spiro atoms. The highest BCUT2D eigenvalue weighted by atomic mass is 32.2. The Kier molecular flexibility index (Phi) is 8.11. The maximum atomic E-state index is 11.5. The number of rotatable bonds is 7. The molecule has 0 atom stereocenters. The SMILES string of the molecule is C=C.CCc1ccc(OC)c(SNC2=NCc3cc(Cn4cc(C(C)=O)cn4)cc(C)c32)c1. The third-order valence-electron chi connectivity index (χ3n) is 5.40. The number of hydrogen-bond donors (Lipinski definition) is 1. The largest absolute Gasteiger partial charge is 0.496 e. The minimum Gasteiger partial charge on any atom is -0.496 e. The lowest BCUT2D eigenvalue weighted by Crippen LogP contribution is -2.17. The van der Waals surface area contributed by atoms with Gasteiger partial charge in [-0.3, -0.25) is 14.5 Å². The summed E-state index contributed by atoms with van der Waals surface area (Å²) in [6, 6.07) is 10.6. The highest BCUT2D eigenvalue weighted by Gasteiger charge is 2.20. The Bertz CT molecular complexity index is 1180. The van der Waals surface area contributed by atoms with Gasteiger partial charge in [-0.1, -0.05) is 25.1 Å². The first-order valence-electron chi connectivity index (χ1n) is 10.8. The number of aliphatic imine (C=N–C) groups is 1. The molecule has 0 aliphatic carbocycles. The summed E-state index contributed by atoms with van der Waals surface area (Å²) in [4.78, 5) is 17.3. The van der Waals surface area contributed by atoms with Crippen molar-refractivity contribution >= 4 is 23.6 Å². The van der Waals surface area contributed by atoms with Crippen molar-refractivity contribution in [2.24, 2.45) is 4.99 Å². The Morgan fingerprint density at radius 2 is 2.03 bits per heavy atom. The molecule has 1 aromatic heterocycles. The van der Waals surface area contributed by atoms with Crippen molar-refractivity contribution in [1.82, 2.24) is 14.5 Å². The lowest BCUT2D eigenvalue weighted by Gasteiger charge is -2.14. The van der Waals surface area contributed by atoms with Crippen LogP contribution in [-0.4, -0.2) is 28.5 Å². The zero-order chi connectivity index (χ0) is 24.0. The molecule has 0 saturated carbocycles. The fourth-order valence-corrected chi connectivity index (χ4v) is 4.60. The number of ether oxygens (including phenoxy) is 1. The van der Waals surface area contributed by atoms with E-state index in [4.69, 9.17) is 9.73 Å². The molecule has 2 heterocycles. The Hall–Kier alpha value is -3.32. The standard InChI is InChI=1S/C24H26N4O2S.C2H4/c1-5-17-6-7-21(30-4)22(10-17)31-27-24-23-15(2)8-18(9-19(23)11-25-24)13-28-14-20(12-26-28)16(3)29;1-2/h6-10,12,14H,5,11,13H2,1-4H3,(H,25,27);1-2H2. The van der Waals surface area contributed by atoms with Gasteiger partial charge in [0.2, 0.25) is 0 Å². The first-order chi connectivity index (χ1) is 16.0. The van der Waals surface area contributed by atoms with Gasteiger partial charge in [0.25, 0.3) is 0 Å². The molecule has 1 aliphatic rings. The molecule has 4 rings (SSSR count). The average molecular weight is 463 g/mol. The van der Waals surface area contributed by atoms with E-state index in [0.717, 1.165) is 34.0 Å². The molecule has 7 heteroatoms. The van der Waals surface area contributed by atoms with Crippen molar-refractivity contribution in [3.05, 3.63) is 89.3 Å². The van der Waals surface area contributed by atoms with Crippen LogP contribution < -0.4 is 9.46 Å². The number of nitrogens with one attached hydrogen (secondary N) is 1. The van der Waals surface area contributed by atoms with Gasteiger partial charge < -0.3 is 9.46 Å². The number of carbonyl (C=O) groups is 1. The molecule has 3 aromatic rings. The maximum Gasteiger partial charge on any atom is 0.162 e. The van der Waals surface area contributed by atoms with Crippen molar-refractivity contribution in [1.29, 1.82) is 0 Å². The van der Waals surface area contributed by atoms with Crippen molar-refractivity contribution in [3.63, 3.8) is 0 Å². The number of carbonyl (C=O) groups excluding carboxylic acids is 1. The molecular weight excluding hydrogens is 432 g/mol. The predicted molar refractivity (Wildman–Crippen MR) is 135 cm³/mol. The third kappa shape index (κ3) is 5.54. The number of amidine groups is 1. The molecular formula is C26H30N4O2S. The van der Waals surface area contributed by atoms with E-state index >= 15 is 0 Å². The molecule has 1 aliphatic heterocycles. The summed E-state index contributed by atoms with van der Waals surface area (Å²) in [7, 11) is 1.69. The zero-order valence-corrected chi connectivity index (χ0v) is 20.5. The Morgan fingerprint density at radius 3 is 2.70 bits per heavy atom. The number of aryl methyl sites for hydroxylation is 2. The number of ketones is 1. The molecule has 0 amide bonds. The summed E-state index contributed by atoms with van der Waals surface area (Å²) in [6.07, 6.45) is 4.39. The molecule has 0 unspecified atom stereocenters. The van der Waals surface area contributed by atoms with Gasteiger partial charge in [0.05, 0.1) is 36.9 Å². The molecule has 2 aromatic carbocycles. The summed E-state index contributed by atoms with van der Waals surface area (Å²) in [5.41, 5.74) is 6.58. The van der Waals surface area contributed by atoms with Crippen molar-refractivity contribution in [3.8, 4) is 5.75 Å². The van der Waals surface area contributed by atoms with E-state index in [-0.39, 0.29) is 5.78 Å². The normalized spacial score (nSPS) is 11.8. The van der Waals surface area contributed by atoms with E-state index in [2.05, 4.69) is 61.1 Å². The van der Waals surface area contributed by atoms with Gasteiger partial charge in [-0.2, -0.15) is 5.10 Å². The van der Waals surface area contributed by atoms with Crippen molar-refractivity contribution < 1.29 is 9.53 Å². The van der Waals surface area contributed by atoms with Gasteiger partial charge in [0.1, 0.15) is 11.6 Å². The molecule has 172 valence electrons. The molecule has 0 bridgehead atoms. The topological polar surface area (TPSA) is 68.5 Å². The van der Waals surface area contributed by atoms with Crippen LogP contribution in [0.15, 0.2) is 65.8 Å². The van der Waals surface area contributed by atoms with Crippen LogP contribution >= 0.6 is 11.9 Å². The van der Waals surface area contributed by atoms with E-state index in [0.29, 0.717) is 18.7 Å². The fourth-order valence-electron chi connectivity index (χ4n) is 3.77. The van der Waals surface area contributed by atoms with Gasteiger partial charge in [-0.05, 0) is 66.6 Å². The second-order valence-electron chi connectivity index (χ2n) is 7.64. The number of hydrogen-bond acceptors (Lipinski definition) is 6. The molecule has 0 saturated heterocycles. The lowest BCUT2D eigenvalue weighted by molar-refractivity contribution is 0.101. The number of aromatic nitrogens is 2. The van der Waals surface area contributed by atoms with Gasteiger partial charge in [-0.25, -0.2) is 0 Å². The second kappa shape index (κ2) is 11.0. The quantitative estimate of drug-likeness (QED) is 0.290. The van der Waals surface area contributed by atoms with Gasteiger partial charge in [0, 0.05) is 11.8 Å². The summed E-state index contributed by atoms with van der Waals surface area (Å²) in [6.45, 7) is 13.1. The van der Waals surface area contributed by atoms with Crippen LogP contribution in [0.1, 0.15) is 52.0 Å². The Morgan fingerprint density at radius 1 is 1.24 bits per heavy atom. The summed E-state index contributed by atoms with van der Waals surface area (Å²) < 4.78 is 10.8. The first kappa shape index (κ1) is 24.3. The predicted octanol–water partition coefficient (Wildman–Crippen LogP) is 5.37. The molecule has 1 N–H and O–H groups in total. The number of benzene rings is 2. The van der Waals surface area contributed by atoms with Crippen LogP contribution in [0.3, 0.4) is 0 Å². The van der Waals surface area contributed by atoms with E-state index in [9.17, 15) is 4.79 Å². The van der Waals surface area contributed by atoms with Crippen LogP contribution in [0, 0.1) is 6.92 Å². The first-order valence-corrected chi connectivity index (χ1v) is 11.6. The van der Waals surface area contributed by atoms with Gasteiger partial charge >= 0.3 is 0 Å². The average Bonchev–Trinajstić information content (AvgIpc) is 3.46. The van der Waals surface area contributed by atoms with Crippen LogP contribution in [0.25, 0.3) is 0 Å². The van der Waals surface area contributed by atoms with Crippen LogP contribution in [-0.2, 0) is 19.5 Å². The molecule has 6 nitrogen and oxygen atoms in total. The minimum atomic E-state index is 0.0269. The molecule has 33 heavy (non-hydrogen) atoms. The summed E-state index contributed by atoms with van der Waals surface area (Å²) in [5.74, 6) is 1.77. The Labute approximate surface area is 199 Å². The van der Waals surface area contributed by atoms with Gasteiger partial charge in [-0.15, -0.1) is 13.2 Å². The summed E-state index contributed by atoms with van der Waals surface area (Å²) >= 11 is 1.53. The second-order valence-corrected chi connectivity index (χ2v) is 8.49. The zero-order valence-electron chi connectivity index (χ0n) is 19.6. The molecule has 0 fully saturated rings. The highest BCUT2D eigenvalue weighted by molar-refractivity contribution is 7.98. The molecule has 0 radical (unpaired) electrons. The van der Waals surface area contributed by atoms with E-state index in [1.54, 1.807) is 31.1 Å². The number of nitrogens with zero attached hydrogens (tertiary/aromatic N) is 3. The smallest absolute Gasteiger partial charge is 0.162 e. The van der Waals surface area contributed by atoms with Crippen LogP contribution in [0.4, 0.5) is 0 Å².